The standard InChI is InChI=1S/C10H13FN2/c11-9-6-7(12)3-4-8(9)10-2-1-5-13-10/h3-4,6,10,13H,1-2,5,12H2/t10-/m1/s1. The summed E-state index contributed by atoms with van der Waals surface area (Å²) in [7, 11) is 0. The molecule has 3 heteroatoms. The van der Waals surface area contributed by atoms with Gasteiger partial charge in [-0.15, -0.1) is 0 Å². The number of nitrogen functional groups attached to an aromatic ring is 1. The van der Waals surface area contributed by atoms with Gasteiger partial charge in [-0.2, -0.15) is 0 Å². The molecule has 0 radical (unpaired) electrons. The first-order valence-corrected chi connectivity index (χ1v) is 4.55. The van der Waals surface area contributed by atoms with E-state index in [0.29, 0.717) is 5.69 Å². The number of halogens is 1. The van der Waals surface area contributed by atoms with Gasteiger partial charge in [-0.1, -0.05) is 6.07 Å². The van der Waals surface area contributed by atoms with Gasteiger partial charge in [-0.3, -0.25) is 0 Å². The minimum absolute atomic E-state index is 0.181. The highest BCUT2D eigenvalue weighted by Crippen LogP contribution is 2.26. The maximum atomic E-state index is 13.4. The second-order valence-electron chi connectivity index (χ2n) is 3.43. The Kier molecular flexibility index (Phi) is 2.19. The zero-order chi connectivity index (χ0) is 9.26. The van der Waals surface area contributed by atoms with Crippen molar-refractivity contribution in [3.63, 3.8) is 0 Å². The molecule has 0 aromatic heterocycles. The summed E-state index contributed by atoms with van der Waals surface area (Å²) >= 11 is 0. The molecule has 1 aliphatic heterocycles. The van der Waals surface area contributed by atoms with Crippen LogP contribution < -0.4 is 11.1 Å². The molecule has 1 atom stereocenters. The van der Waals surface area contributed by atoms with Gasteiger partial charge < -0.3 is 11.1 Å². The molecular weight excluding hydrogens is 167 g/mol. The Balaban J connectivity index is 2.29. The fraction of sp³-hybridized carbons (Fsp3) is 0.400. The van der Waals surface area contributed by atoms with Gasteiger partial charge in [0, 0.05) is 17.3 Å². The molecule has 1 heterocycles. The first kappa shape index (κ1) is 8.51. The monoisotopic (exact) mass is 180 g/mol. The fourth-order valence-corrected chi connectivity index (χ4v) is 1.78. The predicted molar refractivity (Wildman–Crippen MR) is 50.8 cm³/mol. The molecule has 70 valence electrons. The van der Waals surface area contributed by atoms with Crippen molar-refractivity contribution in [3.05, 3.63) is 29.6 Å². The van der Waals surface area contributed by atoms with Crippen molar-refractivity contribution in [1.29, 1.82) is 0 Å². The highest BCUT2D eigenvalue weighted by Gasteiger charge is 2.18. The van der Waals surface area contributed by atoms with E-state index in [9.17, 15) is 4.39 Å². The normalized spacial score (nSPS) is 22.1. The molecule has 0 spiro atoms. The van der Waals surface area contributed by atoms with Gasteiger partial charge in [0.1, 0.15) is 5.82 Å². The Morgan fingerprint density at radius 3 is 2.92 bits per heavy atom. The molecule has 1 fully saturated rings. The van der Waals surface area contributed by atoms with E-state index in [1.54, 1.807) is 12.1 Å². The molecule has 2 nitrogen and oxygen atoms in total. The average Bonchev–Trinajstić information content (AvgIpc) is 2.56. The molecule has 0 aliphatic carbocycles. The van der Waals surface area contributed by atoms with Crippen LogP contribution in [0, 0.1) is 5.82 Å². The minimum Gasteiger partial charge on any atom is -0.399 e. The van der Waals surface area contributed by atoms with Crippen LogP contribution in [0.4, 0.5) is 10.1 Å². The third kappa shape index (κ3) is 1.65. The molecular formula is C10H13FN2. The molecule has 1 aromatic carbocycles. The summed E-state index contributed by atoms with van der Waals surface area (Å²) in [5, 5.41) is 3.25. The molecule has 0 amide bonds. The number of benzene rings is 1. The van der Waals surface area contributed by atoms with Crippen molar-refractivity contribution in [2.24, 2.45) is 0 Å². The van der Waals surface area contributed by atoms with Gasteiger partial charge in [0.2, 0.25) is 0 Å². The fourth-order valence-electron chi connectivity index (χ4n) is 1.78. The zero-order valence-electron chi connectivity index (χ0n) is 7.39. The Morgan fingerprint density at radius 1 is 1.46 bits per heavy atom. The van der Waals surface area contributed by atoms with Crippen molar-refractivity contribution in [3.8, 4) is 0 Å². The van der Waals surface area contributed by atoms with Gasteiger partial charge in [0.15, 0.2) is 0 Å². The second-order valence-corrected chi connectivity index (χ2v) is 3.43. The smallest absolute Gasteiger partial charge is 0.130 e. The summed E-state index contributed by atoms with van der Waals surface area (Å²) in [6.07, 6.45) is 2.13. The van der Waals surface area contributed by atoms with E-state index in [1.807, 2.05) is 0 Å². The summed E-state index contributed by atoms with van der Waals surface area (Å²) < 4.78 is 13.4. The van der Waals surface area contributed by atoms with E-state index < -0.39 is 0 Å². The van der Waals surface area contributed by atoms with Gasteiger partial charge in [0.25, 0.3) is 0 Å². The molecule has 0 unspecified atom stereocenters. The van der Waals surface area contributed by atoms with Gasteiger partial charge in [-0.25, -0.2) is 4.39 Å². The molecule has 13 heavy (non-hydrogen) atoms. The van der Waals surface area contributed by atoms with Crippen molar-refractivity contribution in [2.45, 2.75) is 18.9 Å². The highest BCUT2D eigenvalue weighted by molar-refractivity contribution is 5.41. The topological polar surface area (TPSA) is 38.0 Å². The molecule has 1 saturated heterocycles. The third-order valence-corrected chi connectivity index (χ3v) is 2.46. The zero-order valence-corrected chi connectivity index (χ0v) is 7.39. The SMILES string of the molecule is Nc1ccc([C@H]2CCCN2)c(F)c1. The summed E-state index contributed by atoms with van der Waals surface area (Å²) in [5.41, 5.74) is 6.69. The van der Waals surface area contributed by atoms with Gasteiger partial charge in [-0.05, 0) is 31.5 Å². The average molecular weight is 180 g/mol. The molecule has 3 N–H and O–H groups in total. The predicted octanol–water partition coefficient (Wildman–Crippen LogP) is 1.83. The van der Waals surface area contributed by atoms with Crippen LogP contribution in [0.15, 0.2) is 18.2 Å². The van der Waals surface area contributed by atoms with Crippen molar-refractivity contribution < 1.29 is 4.39 Å². The van der Waals surface area contributed by atoms with Crippen molar-refractivity contribution >= 4 is 5.69 Å². The van der Waals surface area contributed by atoms with E-state index in [2.05, 4.69) is 5.32 Å². The lowest BCUT2D eigenvalue weighted by atomic mass is 10.0. The lowest BCUT2D eigenvalue weighted by molar-refractivity contribution is 0.559. The molecule has 0 saturated carbocycles. The van der Waals surface area contributed by atoms with Crippen LogP contribution in [0.1, 0.15) is 24.4 Å². The quantitative estimate of drug-likeness (QED) is 0.647. The van der Waals surface area contributed by atoms with E-state index >= 15 is 0 Å². The number of hydrogen-bond donors (Lipinski definition) is 2. The van der Waals surface area contributed by atoms with Gasteiger partial charge in [0.05, 0.1) is 0 Å². The number of nitrogens with two attached hydrogens (primary N) is 1. The van der Waals surface area contributed by atoms with E-state index in [0.717, 1.165) is 24.9 Å². The first-order valence-electron chi connectivity index (χ1n) is 4.55. The summed E-state index contributed by atoms with van der Waals surface area (Å²) in [6, 6.07) is 5.09. The number of nitrogens with one attached hydrogen (secondary N) is 1. The van der Waals surface area contributed by atoms with Gasteiger partial charge >= 0.3 is 0 Å². The van der Waals surface area contributed by atoms with Crippen LogP contribution in [-0.2, 0) is 0 Å². The van der Waals surface area contributed by atoms with Crippen LogP contribution in [0.25, 0.3) is 0 Å². The molecule has 1 aromatic rings. The Labute approximate surface area is 76.9 Å². The molecule has 2 rings (SSSR count). The number of anilines is 1. The highest BCUT2D eigenvalue weighted by atomic mass is 19.1. The molecule has 0 bridgehead atoms. The molecule has 1 aliphatic rings. The van der Waals surface area contributed by atoms with Crippen molar-refractivity contribution in [1.82, 2.24) is 5.32 Å². The summed E-state index contributed by atoms with van der Waals surface area (Å²) in [6.45, 7) is 0.981. The van der Waals surface area contributed by atoms with Crippen LogP contribution >= 0.6 is 0 Å². The first-order chi connectivity index (χ1) is 6.27. The second kappa shape index (κ2) is 3.34. The van der Waals surface area contributed by atoms with Crippen LogP contribution in [0.3, 0.4) is 0 Å². The summed E-state index contributed by atoms with van der Waals surface area (Å²) in [5.74, 6) is -0.195. The van der Waals surface area contributed by atoms with E-state index in [-0.39, 0.29) is 11.9 Å². The van der Waals surface area contributed by atoms with E-state index in [4.69, 9.17) is 5.73 Å². The lowest BCUT2D eigenvalue weighted by Crippen LogP contribution is -2.14. The van der Waals surface area contributed by atoms with Crippen LogP contribution in [0.2, 0.25) is 0 Å². The maximum absolute atomic E-state index is 13.4. The number of rotatable bonds is 1. The number of hydrogen-bond acceptors (Lipinski definition) is 2. The Hall–Kier alpha value is -1.09. The van der Waals surface area contributed by atoms with Crippen molar-refractivity contribution in [2.75, 3.05) is 12.3 Å². The third-order valence-electron chi connectivity index (χ3n) is 2.46. The largest absolute Gasteiger partial charge is 0.399 e. The lowest BCUT2D eigenvalue weighted by Gasteiger charge is -2.11. The minimum atomic E-state index is -0.195. The van der Waals surface area contributed by atoms with Crippen LogP contribution in [0.5, 0.6) is 0 Å². The van der Waals surface area contributed by atoms with E-state index in [1.165, 1.54) is 6.07 Å². The summed E-state index contributed by atoms with van der Waals surface area (Å²) in [4.78, 5) is 0. The maximum Gasteiger partial charge on any atom is 0.130 e. The Bertz CT molecular complexity index is 306. The Morgan fingerprint density at radius 2 is 2.31 bits per heavy atom. The van der Waals surface area contributed by atoms with Crippen LogP contribution in [-0.4, -0.2) is 6.54 Å².